The molecule has 0 aromatic heterocycles. The van der Waals surface area contributed by atoms with E-state index in [0.29, 0.717) is 6.42 Å². The van der Waals surface area contributed by atoms with Crippen molar-refractivity contribution in [2.75, 3.05) is 0 Å². The van der Waals surface area contributed by atoms with E-state index < -0.39 is 41.1 Å². The number of fused-ring (bicyclic) bond motifs is 2. The number of rotatable bonds is 4. The van der Waals surface area contributed by atoms with Crippen molar-refractivity contribution in [3.05, 3.63) is 12.3 Å². The van der Waals surface area contributed by atoms with Gasteiger partial charge in [-0.15, -0.1) is 0 Å². The Morgan fingerprint density at radius 2 is 1.07 bits per heavy atom. The van der Waals surface area contributed by atoms with E-state index in [9.17, 15) is 19.2 Å². The summed E-state index contributed by atoms with van der Waals surface area (Å²) in [5, 5.41) is 34.7. The van der Waals surface area contributed by atoms with Gasteiger partial charge in [-0.1, -0.05) is 7.43 Å². The maximum absolute atomic E-state index is 10.8. The standard InChI is InChI=1S/C9H12O4.C6H8O4.CH4.2H2N.Pt/c10-8(11)6-4-1-2-5(3-4)7(6)9(12)13;7-4(8)6(5(9)10)2-1-3-6;;;;/h4-7H,1-3H2,(H,10,11)(H,12,13);1-3H2,(H,7,8)(H,9,10);1H4;2*1H2;/q;;;2*-1;+2/t4-,5-,6-,7-;;;;;/m1...../s1. The second-order valence-corrected chi connectivity index (χ2v) is 6.61. The number of aliphatic carboxylic acids is 4. The van der Waals surface area contributed by atoms with Gasteiger partial charge in [-0.2, -0.15) is 0 Å². The quantitative estimate of drug-likeness (QED) is 0.366. The molecule has 3 saturated carbocycles. The number of carboxylic acids is 4. The van der Waals surface area contributed by atoms with Gasteiger partial charge in [0, 0.05) is 0 Å². The van der Waals surface area contributed by atoms with Gasteiger partial charge in [-0.05, 0) is 50.4 Å². The summed E-state index contributed by atoms with van der Waals surface area (Å²) in [7, 11) is 0. The predicted octanol–water partition coefficient (Wildman–Crippen LogP) is 3.21. The van der Waals surface area contributed by atoms with Crippen LogP contribution >= 0.6 is 0 Å². The van der Waals surface area contributed by atoms with E-state index in [-0.39, 0.29) is 65.5 Å². The van der Waals surface area contributed by atoms with Gasteiger partial charge in [0.25, 0.3) is 0 Å². The summed E-state index contributed by atoms with van der Waals surface area (Å²) in [6.45, 7) is 0. The Bertz CT molecular complexity index is 511. The van der Waals surface area contributed by atoms with Crippen molar-refractivity contribution in [1.82, 2.24) is 0 Å². The monoisotopic (exact) mass is 571 g/mol. The first-order valence-corrected chi connectivity index (χ1v) is 7.63. The molecule has 0 amide bonds. The van der Waals surface area contributed by atoms with Crippen LogP contribution in [0.5, 0.6) is 0 Å². The number of carboxylic acid groups (broad SMARTS) is 4. The third kappa shape index (κ3) is 5.49. The Labute approximate surface area is 172 Å². The Morgan fingerprint density at radius 1 is 0.741 bits per heavy atom. The summed E-state index contributed by atoms with van der Waals surface area (Å²) in [6, 6.07) is 0. The van der Waals surface area contributed by atoms with Crippen LogP contribution in [0.25, 0.3) is 12.3 Å². The molecule has 2 bridgehead atoms. The van der Waals surface area contributed by atoms with Crippen LogP contribution < -0.4 is 0 Å². The maximum Gasteiger partial charge on any atom is 2.00 e. The average molecular weight is 571 g/mol. The first-order chi connectivity index (χ1) is 10.7. The number of hydrogen-bond donors (Lipinski definition) is 4. The number of nitrogens with two attached hydrogens (primary N) is 2. The Balaban J connectivity index is -0.000000381. The molecule has 3 rings (SSSR count). The zero-order valence-corrected chi connectivity index (χ0v) is 16.2. The van der Waals surface area contributed by atoms with Crippen LogP contribution in [0.1, 0.15) is 46.0 Å². The molecule has 0 radical (unpaired) electrons. The molecule has 11 heteroatoms. The fourth-order valence-corrected chi connectivity index (χ4v) is 4.05. The molecule has 0 aromatic rings. The molecule has 0 aliphatic heterocycles. The molecule has 8 N–H and O–H groups in total. The zero-order chi connectivity index (χ0) is 17.4. The molecule has 10 nitrogen and oxygen atoms in total. The van der Waals surface area contributed by atoms with Crippen molar-refractivity contribution >= 4 is 23.9 Å². The molecule has 3 aliphatic carbocycles. The summed E-state index contributed by atoms with van der Waals surface area (Å²) >= 11 is 0. The van der Waals surface area contributed by atoms with Crippen LogP contribution in [-0.4, -0.2) is 44.3 Å². The Hall–Kier alpha value is -1.51. The molecule has 3 aliphatic rings. The molecule has 0 aromatic carbocycles. The van der Waals surface area contributed by atoms with Gasteiger partial charge >= 0.3 is 44.9 Å². The van der Waals surface area contributed by atoms with E-state index in [1.54, 1.807) is 0 Å². The summed E-state index contributed by atoms with van der Waals surface area (Å²) in [5.74, 6) is -5.30. The minimum Gasteiger partial charge on any atom is -0.693 e. The number of carbonyl (C=O) groups is 4. The summed E-state index contributed by atoms with van der Waals surface area (Å²) < 4.78 is 0. The maximum atomic E-state index is 10.8. The van der Waals surface area contributed by atoms with Crippen LogP contribution in [0.4, 0.5) is 0 Å². The smallest absolute Gasteiger partial charge is 0.693 e. The second kappa shape index (κ2) is 11.4. The number of hydrogen-bond acceptors (Lipinski definition) is 4. The first-order valence-electron chi connectivity index (χ1n) is 7.63. The molecule has 4 atom stereocenters. The van der Waals surface area contributed by atoms with Crippen LogP contribution in [-0.2, 0) is 40.2 Å². The normalized spacial score (nSPS) is 28.1. The van der Waals surface area contributed by atoms with Crippen molar-refractivity contribution in [3.63, 3.8) is 0 Å². The summed E-state index contributed by atoms with van der Waals surface area (Å²) in [5.41, 5.74) is -1.44. The fourth-order valence-electron chi connectivity index (χ4n) is 4.05. The minimum absolute atomic E-state index is 0. The van der Waals surface area contributed by atoms with Gasteiger partial charge in [-0.3, -0.25) is 19.2 Å². The third-order valence-corrected chi connectivity index (χ3v) is 5.51. The average Bonchev–Trinajstić information content (AvgIpc) is 2.96. The van der Waals surface area contributed by atoms with Crippen LogP contribution in [0.15, 0.2) is 0 Å². The molecule has 0 unspecified atom stereocenters. The second-order valence-electron chi connectivity index (χ2n) is 6.61. The van der Waals surface area contributed by atoms with E-state index in [1.807, 2.05) is 0 Å². The van der Waals surface area contributed by atoms with E-state index >= 15 is 0 Å². The van der Waals surface area contributed by atoms with Crippen LogP contribution in [0, 0.1) is 29.1 Å². The molecular weight excluding hydrogens is 543 g/mol. The first kappa shape index (κ1) is 30.2. The summed E-state index contributed by atoms with van der Waals surface area (Å²) in [6.07, 6.45) is 3.85. The van der Waals surface area contributed by atoms with E-state index in [2.05, 4.69) is 0 Å². The summed E-state index contributed by atoms with van der Waals surface area (Å²) in [4.78, 5) is 42.4. The van der Waals surface area contributed by atoms with Crippen molar-refractivity contribution in [2.24, 2.45) is 29.1 Å². The molecule has 0 spiro atoms. The minimum atomic E-state index is -1.44. The Morgan fingerprint density at radius 3 is 1.22 bits per heavy atom. The molecule has 27 heavy (non-hydrogen) atoms. The van der Waals surface area contributed by atoms with Gasteiger partial charge in [0.15, 0.2) is 5.41 Å². The molecular formula is C16H28N2O8Pt. The third-order valence-electron chi connectivity index (χ3n) is 5.51. The van der Waals surface area contributed by atoms with Gasteiger partial charge in [-0.25, -0.2) is 0 Å². The molecule has 0 heterocycles. The molecule has 0 saturated heterocycles. The van der Waals surface area contributed by atoms with E-state index in [0.717, 1.165) is 19.3 Å². The molecule has 3 fully saturated rings. The topological polar surface area (TPSA) is 216 Å². The van der Waals surface area contributed by atoms with Crippen LogP contribution in [0.2, 0.25) is 0 Å². The zero-order valence-electron chi connectivity index (χ0n) is 13.9. The van der Waals surface area contributed by atoms with Crippen molar-refractivity contribution in [3.8, 4) is 0 Å². The fraction of sp³-hybridized carbons (Fsp3) is 0.750. The predicted molar refractivity (Wildman–Crippen MR) is 91.9 cm³/mol. The van der Waals surface area contributed by atoms with Gasteiger partial charge in [0.05, 0.1) is 11.8 Å². The largest absolute Gasteiger partial charge is 2.00 e. The van der Waals surface area contributed by atoms with Crippen LogP contribution in [0.3, 0.4) is 0 Å². The van der Waals surface area contributed by atoms with Gasteiger partial charge in [0.2, 0.25) is 0 Å². The van der Waals surface area contributed by atoms with Crippen molar-refractivity contribution in [2.45, 2.75) is 46.0 Å². The van der Waals surface area contributed by atoms with E-state index in [4.69, 9.17) is 20.4 Å². The van der Waals surface area contributed by atoms with Crippen molar-refractivity contribution in [1.29, 1.82) is 0 Å². The Kier molecular flexibility index (Phi) is 12.7. The van der Waals surface area contributed by atoms with Gasteiger partial charge < -0.3 is 32.7 Å². The van der Waals surface area contributed by atoms with E-state index in [1.165, 1.54) is 0 Å². The molecule has 160 valence electrons. The van der Waals surface area contributed by atoms with Gasteiger partial charge in [0.1, 0.15) is 0 Å². The SMILES string of the molecule is C.O=C(O)C1(C(=O)O)CCC1.O=C(O)[C@@H]1[C@@H]2CC[C@H](C2)[C@H]1C(=O)O.[NH2-].[NH2-].[Pt+2]. The van der Waals surface area contributed by atoms with Crippen molar-refractivity contribution < 1.29 is 60.7 Å².